The van der Waals surface area contributed by atoms with Crippen LogP contribution in [0.2, 0.25) is 0 Å². The number of fused-ring (bicyclic) bond motifs is 1. The molecule has 1 atom stereocenters. The van der Waals surface area contributed by atoms with Gasteiger partial charge in [0.2, 0.25) is 5.91 Å². The lowest BCUT2D eigenvalue weighted by Crippen LogP contribution is -2.22. The van der Waals surface area contributed by atoms with Crippen molar-refractivity contribution >= 4 is 33.2 Å². The smallest absolute Gasteiger partial charge is 0.248 e. The Balaban J connectivity index is 2.08. The average molecular weight is 465 g/mol. The molecule has 30 heavy (non-hydrogen) atoms. The number of hydrogen-bond donors (Lipinski definition) is 1. The van der Waals surface area contributed by atoms with Gasteiger partial charge in [-0.25, -0.2) is 0 Å². The molecular formula is C24H21BrN2O3. The van der Waals surface area contributed by atoms with Crippen molar-refractivity contribution in [3.05, 3.63) is 76.3 Å². The molecule has 0 spiro atoms. The minimum Gasteiger partial charge on any atom is -0.496 e. The summed E-state index contributed by atoms with van der Waals surface area (Å²) in [7, 11) is 3.23. The largest absolute Gasteiger partial charge is 0.496 e. The summed E-state index contributed by atoms with van der Waals surface area (Å²) in [6.07, 6.45) is 0. The lowest BCUT2D eigenvalue weighted by Gasteiger charge is -2.21. The van der Waals surface area contributed by atoms with E-state index in [9.17, 15) is 4.79 Å². The van der Waals surface area contributed by atoms with E-state index in [2.05, 4.69) is 21.2 Å². The molecular weight excluding hydrogens is 444 g/mol. The normalized spacial score (nSPS) is 15.5. The van der Waals surface area contributed by atoms with Gasteiger partial charge in [0, 0.05) is 16.1 Å². The number of nitrogens with zero attached hydrogens (tertiary/aromatic N) is 1. The van der Waals surface area contributed by atoms with Crippen LogP contribution in [0.3, 0.4) is 0 Å². The third kappa shape index (κ3) is 3.59. The molecule has 3 aromatic rings. The third-order valence-corrected chi connectivity index (χ3v) is 5.52. The quantitative estimate of drug-likeness (QED) is 0.568. The van der Waals surface area contributed by atoms with Crippen molar-refractivity contribution in [1.82, 2.24) is 0 Å². The summed E-state index contributed by atoms with van der Waals surface area (Å²) in [6.45, 7) is 1.78. The molecule has 1 amide bonds. The second-order valence-electron chi connectivity index (χ2n) is 6.93. The summed E-state index contributed by atoms with van der Waals surface area (Å²) in [4.78, 5) is 17.4. The Labute approximate surface area is 183 Å². The van der Waals surface area contributed by atoms with Crippen LogP contribution in [0, 0.1) is 0 Å². The minimum absolute atomic E-state index is 0.183. The molecule has 1 unspecified atom stereocenters. The van der Waals surface area contributed by atoms with Crippen LogP contribution in [0.1, 0.15) is 18.1 Å². The number of amides is 1. The summed E-state index contributed by atoms with van der Waals surface area (Å²) in [5.41, 5.74) is 4.67. The van der Waals surface area contributed by atoms with Crippen molar-refractivity contribution in [2.24, 2.45) is 4.99 Å². The number of carbonyl (C=O) groups excluding carboxylic acids is 1. The van der Waals surface area contributed by atoms with Gasteiger partial charge in [0.15, 0.2) is 0 Å². The molecule has 0 bridgehead atoms. The Bertz CT molecular complexity index is 1140. The average Bonchev–Trinajstić information content (AvgIpc) is 2.89. The second kappa shape index (κ2) is 8.32. The fraction of sp³-hybridized carbons (Fsp3) is 0.167. The molecule has 5 nitrogen and oxygen atoms in total. The molecule has 4 rings (SSSR count). The Morgan fingerprint density at radius 3 is 2.33 bits per heavy atom. The maximum atomic E-state index is 12.7. The molecule has 0 aliphatic carbocycles. The number of rotatable bonds is 4. The van der Waals surface area contributed by atoms with Gasteiger partial charge in [0.05, 0.1) is 36.7 Å². The fourth-order valence-corrected chi connectivity index (χ4v) is 4.02. The van der Waals surface area contributed by atoms with E-state index >= 15 is 0 Å². The van der Waals surface area contributed by atoms with Gasteiger partial charge < -0.3 is 14.8 Å². The standard InChI is InChI=1S/C24H21BrN2O3/c1-14-24(28)27-18-13-19(29-2)20(15-8-5-4-6-9-15)23(30-3)21(18)22(26-14)16-10-7-11-17(25)12-16/h4-14H,1-3H3,(H,27,28). The SMILES string of the molecule is COc1cc2c(c(OC)c1-c1ccccc1)C(c1cccc(Br)c1)=NC(C)C(=O)N2. The number of hydrogen-bond acceptors (Lipinski definition) is 4. The van der Waals surface area contributed by atoms with Crippen molar-refractivity contribution in [1.29, 1.82) is 0 Å². The van der Waals surface area contributed by atoms with Crippen LogP contribution in [0.25, 0.3) is 11.1 Å². The highest BCUT2D eigenvalue weighted by molar-refractivity contribution is 9.10. The van der Waals surface area contributed by atoms with Gasteiger partial charge in [0.25, 0.3) is 0 Å². The van der Waals surface area contributed by atoms with Crippen molar-refractivity contribution in [2.75, 3.05) is 19.5 Å². The van der Waals surface area contributed by atoms with Gasteiger partial charge in [-0.2, -0.15) is 0 Å². The van der Waals surface area contributed by atoms with Gasteiger partial charge in [-0.1, -0.05) is 58.4 Å². The highest BCUT2D eigenvalue weighted by atomic mass is 79.9. The number of ether oxygens (including phenoxy) is 2. The Morgan fingerprint density at radius 1 is 0.933 bits per heavy atom. The summed E-state index contributed by atoms with van der Waals surface area (Å²) in [5.74, 6) is 1.03. The Morgan fingerprint density at radius 2 is 1.67 bits per heavy atom. The molecule has 1 N–H and O–H groups in total. The van der Waals surface area contributed by atoms with E-state index in [1.54, 1.807) is 21.1 Å². The number of carbonyl (C=O) groups is 1. The number of benzodiazepines with no additional fused rings is 1. The number of halogens is 1. The zero-order valence-electron chi connectivity index (χ0n) is 16.9. The highest BCUT2D eigenvalue weighted by Crippen LogP contribution is 2.46. The fourth-order valence-electron chi connectivity index (χ4n) is 3.62. The Kier molecular flexibility index (Phi) is 5.59. The van der Waals surface area contributed by atoms with Crippen molar-refractivity contribution in [3.8, 4) is 22.6 Å². The molecule has 6 heteroatoms. The van der Waals surface area contributed by atoms with Gasteiger partial charge in [-0.15, -0.1) is 0 Å². The number of anilines is 1. The molecule has 1 aliphatic rings. The molecule has 152 valence electrons. The van der Waals surface area contributed by atoms with Crippen molar-refractivity contribution < 1.29 is 14.3 Å². The summed E-state index contributed by atoms with van der Waals surface area (Å²) < 4.78 is 12.5. The van der Waals surface area contributed by atoms with Gasteiger partial charge in [-0.3, -0.25) is 9.79 Å². The van der Waals surface area contributed by atoms with E-state index < -0.39 is 6.04 Å². The third-order valence-electron chi connectivity index (χ3n) is 5.03. The molecule has 1 heterocycles. The lowest BCUT2D eigenvalue weighted by molar-refractivity contribution is -0.116. The van der Waals surface area contributed by atoms with Crippen LogP contribution in [0.15, 0.2) is 70.1 Å². The minimum atomic E-state index is -0.553. The zero-order valence-corrected chi connectivity index (χ0v) is 18.5. The number of nitrogens with one attached hydrogen (secondary N) is 1. The van der Waals surface area contributed by atoms with Gasteiger partial charge in [0.1, 0.15) is 17.5 Å². The first-order valence-electron chi connectivity index (χ1n) is 9.53. The van der Waals surface area contributed by atoms with Crippen LogP contribution in [0.5, 0.6) is 11.5 Å². The first-order chi connectivity index (χ1) is 14.5. The second-order valence-corrected chi connectivity index (χ2v) is 7.84. The van der Waals surface area contributed by atoms with E-state index in [1.807, 2.05) is 60.7 Å². The molecule has 0 saturated carbocycles. The number of methoxy groups -OCH3 is 2. The van der Waals surface area contributed by atoms with Crippen LogP contribution in [-0.2, 0) is 4.79 Å². The molecule has 1 aliphatic heterocycles. The van der Waals surface area contributed by atoms with Gasteiger partial charge in [-0.05, 0) is 24.6 Å². The lowest BCUT2D eigenvalue weighted by atomic mass is 9.93. The summed E-state index contributed by atoms with van der Waals surface area (Å²) in [6, 6.07) is 19.0. The summed E-state index contributed by atoms with van der Waals surface area (Å²) in [5, 5.41) is 2.99. The van der Waals surface area contributed by atoms with E-state index in [0.717, 1.165) is 26.7 Å². The van der Waals surface area contributed by atoms with E-state index in [0.29, 0.717) is 22.9 Å². The van der Waals surface area contributed by atoms with Gasteiger partial charge >= 0.3 is 0 Å². The number of benzene rings is 3. The predicted octanol–water partition coefficient (Wildman–Crippen LogP) is 5.31. The molecule has 0 saturated heterocycles. The maximum Gasteiger partial charge on any atom is 0.248 e. The van der Waals surface area contributed by atoms with E-state index in [1.165, 1.54) is 0 Å². The number of aliphatic imine (C=N–C) groups is 1. The van der Waals surface area contributed by atoms with E-state index in [-0.39, 0.29) is 5.91 Å². The van der Waals surface area contributed by atoms with Crippen molar-refractivity contribution in [3.63, 3.8) is 0 Å². The van der Waals surface area contributed by atoms with Crippen LogP contribution in [-0.4, -0.2) is 31.9 Å². The highest BCUT2D eigenvalue weighted by Gasteiger charge is 2.30. The molecule has 0 aromatic heterocycles. The first kappa shape index (κ1) is 20.2. The monoisotopic (exact) mass is 464 g/mol. The summed E-state index contributed by atoms with van der Waals surface area (Å²) >= 11 is 3.54. The molecule has 0 radical (unpaired) electrons. The topological polar surface area (TPSA) is 59.9 Å². The maximum absolute atomic E-state index is 12.7. The van der Waals surface area contributed by atoms with Crippen molar-refractivity contribution in [2.45, 2.75) is 13.0 Å². The van der Waals surface area contributed by atoms with E-state index in [4.69, 9.17) is 14.5 Å². The van der Waals surface area contributed by atoms with Crippen LogP contribution < -0.4 is 14.8 Å². The van der Waals surface area contributed by atoms with Crippen LogP contribution >= 0.6 is 15.9 Å². The Hall–Kier alpha value is -3.12. The van der Waals surface area contributed by atoms with Crippen LogP contribution in [0.4, 0.5) is 5.69 Å². The predicted molar refractivity (Wildman–Crippen MR) is 123 cm³/mol. The zero-order chi connectivity index (χ0) is 21.3. The first-order valence-corrected chi connectivity index (χ1v) is 10.3. The molecule has 0 fully saturated rings. The molecule has 3 aromatic carbocycles.